The summed E-state index contributed by atoms with van der Waals surface area (Å²) in [6, 6.07) is 0. The Labute approximate surface area is 105 Å². The second-order valence-electron chi connectivity index (χ2n) is 3.36. The molecule has 0 N–H and O–H groups in total. The van der Waals surface area contributed by atoms with E-state index in [1.165, 1.54) is 6.92 Å². The van der Waals surface area contributed by atoms with E-state index in [9.17, 15) is 28.1 Å². The van der Waals surface area contributed by atoms with Gasteiger partial charge in [-0.2, -0.15) is 4.39 Å². The fourth-order valence-corrected chi connectivity index (χ4v) is 1.37. The first-order valence-electron chi connectivity index (χ1n) is 5.13. The van der Waals surface area contributed by atoms with Crippen LogP contribution in [0.4, 0.5) is 18.9 Å². The van der Waals surface area contributed by atoms with Gasteiger partial charge in [0.25, 0.3) is 6.43 Å². The van der Waals surface area contributed by atoms with Gasteiger partial charge >= 0.3 is 11.7 Å². The molecule has 1 aromatic heterocycles. The maximum absolute atomic E-state index is 13.6. The molecule has 1 heterocycles. The van der Waals surface area contributed by atoms with E-state index in [4.69, 9.17) is 0 Å². The van der Waals surface area contributed by atoms with Crippen molar-refractivity contribution in [3.63, 3.8) is 0 Å². The number of ether oxygens (including phenoxy) is 1. The predicted octanol–water partition coefficient (Wildman–Crippen LogP) is 2.17. The van der Waals surface area contributed by atoms with Crippen LogP contribution in [0.5, 0.6) is 0 Å². The minimum atomic E-state index is -3.32. The van der Waals surface area contributed by atoms with Gasteiger partial charge in [0.2, 0.25) is 5.82 Å². The average molecular weight is 278 g/mol. The molecule has 0 spiro atoms. The minimum absolute atomic E-state index is 0.0261. The molecule has 1 rings (SSSR count). The van der Waals surface area contributed by atoms with Crippen molar-refractivity contribution in [1.29, 1.82) is 0 Å². The van der Waals surface area contributed by atoms with Gasteiger partial charge in [-0.3, -0.25) is 19.9 Å². The lowest BCUT2D eigenvalue weighted by Gasteiger charge is -2.08. The quantitative estimate of drug-likeness (QED) is 0.468. The Morgan fingerprint density at radius 2 is 2.21 bits per heavy atom. The standard InChI is InChI=1S/C10H9F3N2O4/c1-2-19-7(16)3-5-8(10(12)13)9(11)6(4-14-5)15(17)18/h4,10H,2-3H2,1H3. The number of rotatable bonds is 5. The van der Waals surface area contributed by atoms with Crippen molar-refractivity contribution in [1.82, 2.24) is 4.98 Å². The van der Waals surface area contributed by atoms with E-state index < -0.39 is 46.5 Å². The summed E-state index contributed by atoms with van der Waals surface area (Å²) in [5.74, 6) is -2.56. The van der Waals surface area contributed by atoms with E-state index in [0.29, 0.717) is 6.20 Å². The van der Waals surface area contributed by atoms with Crippen LogP contribution in [0.1, 0.15) is 24.6 Å². The summed E-state index contributed by atoms with van der Waals surface area (Å²) < 4.78 is 43.5. The van der Waals surface area contributed by atoms with E-state index in [2.05, 4.69) is 9.72 Å². The summed E-state index contributed by atoms with van der Waals surface area (Å²) in [7, 11) is 0. The summed E-state index contributed by atoms with van der Waals surface area (Å²) in [5.41, 5.74) is -2.98. The first-order valence-corrected chi connectivity index (χ1v) is 5.13. The van der Waals surface area contributed by atoms with E-state index in [-0.39, 0.29) is 6.61 Å². The number of carbonyl (C=O) groups is 1. The Morgan fingerprint density at radius 3 is 2.68 bits per heavy atom. The number of nitrogens with zero attached hydrogens (tertiary/aromatic N) is 2. The molecular weight excluding hydrogens is 269 g/mol. The van der Waals surface area contributed by atoms with E-state index in [1.807, 2.05) is 0 Å². The molecule has 0 saturated heterocycles. The monoisotopic (exact) mass is 278 g/mol. The average Bonchev–Trinajstić information content (AvgIpc) is 2.28. The summed E-state index contributed by atoms with van der Waals surface area (Å²) >= 11 is 0. The maximum Gasteiger partial charge on any atom is 0.323 e. The number of hydrogen-bond donors (Lipinski definition) is 0. The molecule has 6 nitrogen and oxygen atoms in total. The smallest absolute Gasteiger partial charge is 0.323 e. The van der Waals surface area contributed by atoms with Gasteiger partial charge in [0.15, 0.2) is 0 Å². The van der Waals surface area contributed by atoms with Crippen LogP contribution in [0.3, 0.4) is 0 Å². The fourth-order valence-electron chi connectivity index (χ4n) is 1.37. The third-order valence-electron chi connectivity index (χ3n) is 2.15. The van der Waals surface area contributed by atoms with Crippen LogP contribution in [0, 0.1) is 15.9 Å². The summed E-state index contributed by atoms with van der Waals surface area (Å²) in [6.07, 6.45) is -3.50. The molecule has 0 aliphatic carbocycles. The Kier molecular flexibility index (Phi) is 4.79. The molecule has 0 saturated carbocycles. The van der Waals surface area contributed by atoms with Crippen LogP contribution in [-0.2, 0) is 16.0 Å². The molecule has 0 aliphatic rings. The normalized spacial score (nSPS) is 10.6. The number of esters is 1. The van der Waals surface area contributed by atoms with Gasteiger partial charge in [-0.25, -0.2) is 8.78 Å². The molecule has 0 atom stereocenters. The van der Waals surface area contributed by atoms with Crippen molar-refractivity contribution in [3.05, 3.63) is 33.4 Å². The van der Waals surface area contributed by atoms with Gasteiger partial charge in [-0.1, -0.05) is 0 Å². The van der Waals surface area contributed by atoms with Gasteiger partial charge in [-0.15, -0.1) is 0 Å². The van der Waals surface area contributed by atoms with Gasteiger partial charge < -0.3 is 4.74 Å². The topological polar surface area (TPSA) is 82.3 Å². The van der Waals surface area contributed by atoms with Crippen molar-refractivity contribution in [3.8, 4) is 0 Å². The summed E-state index contributed by atoms with van der Waals surface area (Å²) in [6.45, 7) is 1.54. The molecule has 0 unspecified atom stereocenters. The lowest BCUT2D eigenvalue weighted by Crippen LogP contribution is -2.13. The number of aromatic nitrogens is 1. The molecule has 104 valence electrons. The molecular formula is C10H9F3N2O4. The molecule has 1 aromatic rings. The first-order chi connectivity index (χ1) is 8.88. The van der Waals surface area contributed by atoms with Crippen LogP contribution in [-0.4, -0.2) is 22.5 Å². The minimum Gasteiger partial charge on any atom is -0.466 e. The SMILES string of the molecule is CCOC(=O)Cc1ncc([N+](=O)[O-])c(F)c1C(F)F. The van der Waals surface area contributed by atoms with Crippen LogP contribution in [0.25, 0.3) is 0 Å². The van der Waals surface area contributed by atoms with E-state index in [1.54, 1.807) is 0 Å². The van der Waals surface area contributed by atoms with Gasteiger partial charge in [0.05, 0.1) is 29.2 Å². The van der Waals surface area contributed by atoms with Crippen LogP contribution < -0.4 is 0 Å². The zero-order chi connectivity index (χ0) is 14.6. The number of halogens is 3. The molecule has 0 aliphatic heterocycles. The Bertz CT molecular complexity index is 508. The lowest BCUT2D eigenvalue weighted by atomic mass is 10.1. The number of hydrogen-bond acceptors (Lipinski definition) is 5. The Morgan fingerprint density at radius 1 is 1.58 bits per heavy atom. The highest BCUT2D eigenvalue weighted by Crippen LogP contribution is 2.30. The van der Waals surface area contributed by atoms with Crippen molar-refractivity contribution in [2.45, 2.75) is 19.8 Å². The second-order valence-corrected chi connectivity index (χ2v) is 3.36. The highest BCUT2D eigenvalue weighted by atomic mass is 19.3. The van der Waals surface area contributed by atoms with Crippen molar-refractivity contribution >= 4 is 11.7 Å². The van der Waals surface area contributed by atoms with Crippen LogP contribution in [0.15, 0.2) is 6.20 Å². The molecule has 0 radical (unpaired) electrons. The zero-order valence-corrected chi connectivity index (χ0v) is 9.73. The molecule has 0 fully saturated rings. The van der Waals surface area contributed by atoms with E-state index in [0.717, 1.165) is 0 Å². The lowest BCUT2D eigenvalue weighted by molar-refractivity contribution is -0.388. The maximum atomic E-state index is 13.6. The molecule has 0 bridgehead atoms. The third-order valence-corrected chi connectivity index (χ3v) is 2.15. The van der Waals surface area contributed by atoms with Gasteiger partial charge in [0, 0.05) is 0 Å². The van der Waals surface area contributed by atoms with Crippen molar-refractivity contribution < 1.29 is 27.6 Å². The van der Waals surface area contributed by atoms with E-state index >= 15 is 0 Å². The van der Waals surface area contributed by atoms with Gasteiger partial charge in [0.1, 0.15) is 6.20 Å². The summed E-state index contributed by atoms with van der Waals surface area (Å²) in [5, 5.41) is 10.4. The third kappa shape index (κ3) is 3.39. The molecule has 19 heavy (non-hydrogen) atoms. The second kappa shape index (κ2) is 6.12. The van der Waals surface area contributed by atoms with Crippen LogP contribution >= 0.6 is 0 Å². The first kappa shape index (κ1) is 14.9. The Hall–Kier alpha value is -2.19. The Balaban J connectivity index is 3.22. The largest absolute Gasteiger partial charge is 0.466 e. The predicted molar refractivity (Wildman–Crippen MR) is 56.1 cm³/mol. The number of nitro groups is 1. The number of alkyl halides is 2. The number of pyridine rings is 1. The molecule has 0 aromatic carbocycles. The fraction of sp³-hybridized carbons (Fsp3) is 0.400. The van der Waals surface area contributed by atoms with Crippen LogP contribution in [0.2, 0.25) is 0 Å². The van der Waals surface area contributed by atoms with Crippen molar-refractivity contribution in [2.75, 3.05) is 6.61 Å². The molecule has 9 heteroatoms. The zero-order valence-electron chi connectivity index (χ0n) is 9.73. The highest BCUT2D eigenvalue weighted by molar-refractivity contribution is 5.72. The summed E-state index contributed by atoms with van der Waals surface area (Å²) in [4.78, 5) is 23.8. The van der Waals surface area contributed by atoms with Crippen molar-refractivity contribution in [2.24, 2.45) is 0 Å². The molecule has 0 amide bonds. The highest BCUT2D eigenvalue weighted by Gasteiger charge is 2.28. The number of carbonyl (C=O) groups excluding carboxylic acids is 1. The van der Waals surface area contributed by atoms with Gasteiger partial charge in [-0.05, 0) is 6.92 Å².